The van der Waals surface area contributed by atoms with Crippen LogP contribution in [0.15, 0.2) is 0 Å². The maximum atomic E-state index is 9.38. The van der Waals surface area contributed by atoms with E-state index in [4.69, 9.17) is 16.3 Å². The number of rotatable bonds is 1. The average molecular weight is 156 g/mol. The van der Waals surface area contributed by atoms with Crippen molar-refractivity contribution in [1.82, 2.24) is 0 Å². The van der Waals surface area contributed by atoms with Gasteiger partial charge in [-0.2, -0.15) is 0 Å². The molecule has 1 unspecified atom stereocenters. The van der Waals surface area contributed by atoms with Crippen molar-refractivity contribution in [3.8, 4) is 12.3 Å². The largest absolute Gasteiger partial charge is 0.392 e. The van der Waals surface area contributed by atoms with E-state index in [1.807, 2.05) is 6.92 Å². The molecule has 1 fully saturated rings. The smallest absolute Gasteiger partial charge is 0.177 e. The molecule has 62 valence electrons. The Morgan fingerprint density at radius 2 is 2.45 bits per heavy atom. The predicted octanol–water partition coefficient (Wildman–Crippen LogP) is -0.480. The first kappa shape index (κ1) is 8.54. The molecular weight excluding hydrogens is 144 g/mol. The van der Waals surface area contributed by atoms with Crippen molar-refractivity contribution in [2.75, 3.05) is 6.61 Å². The fourth-order valence-electron chi connectivity index (χ4n) is 1.31. The van der Waals surface area contributed by atoms with E-state index in [2.05, 4.69) is 5.92 Å². The maximum Gasteiger partial charge on any atom is 0.177 e. The van der Waals surface area contributed by atoms with Crippen LogP contribution in [0.25, 0.3) is 0 Å². The molecule has 3 nitrogen and oxygen atoms in total. The molecule has 0 spiro atoms. The Bertz CT molecular complexity index is 184. The van der Waals surface area contributed by atoms with E-state index in [0.717, 1.165) is 0 Å². The van der Waals surface area contributed by atoms with Crippen LogP contribution in [0.2, 0.25) is 0 Å². The highest BCUT2D eigenvalue weighted by Gasteiger charge is 2.44. The minimum absolute atomic E-state index is 0.0757. The molecule has 0 aliphatic carbocycles. The van der Waals surface area contributed by atoms with E-state index in [-0.39, 0.29) is 12.7 Å². The van der Waals surface area contributed by atoms with Crippen molar-refractivity contribution in [3.63, 3.8) is 0 Å². The Hall–Kier alpha value is -0.560. The van der Waals surface area contributed by atoms with Gasteiger partial charge in [-0.05, 0) is 6.92 Å². The van der Waals surface area contributed by atoms with Gasteiger partial charge in [0, 0.05) is 6.42 Å². The predicted molar refractivity (Wildman–Crippen MR) is 39.8 cm³/mol. The van der Waals surface area contributed by atoms with Gasteiger partial charge in [-0.3, -0.25) is 0 Å². The molecule has 0 aromatic carbocycles. The van der Waals surface area contributed by atoms with E-state index < -0.39 is 11.7 Å². The molecule has 1 heterocycles. The Kier molecular flexibility index (Phi) is 2.19. The highest BCUT2D eigenvalue weighted by molar-refractivity contribution is 5.15. The number of aliphatic hydroxyl groups is 2. The Labute approximate surface area is 66.0 Å². The van der Waals surface area contributed by atoms with Crippen molar-refractivity contribution >= 4 is 0 Å². The van der Waals surface area contributed by atoms with Gasteiger partial charge in [0.05, 0.1) is 18.8 Å². The topological polar surface area (TPSA) is 49.7 Å². The van der Waals surface area contributed by atoms with Crippen LogP contribution >= 0.6 is 0 Å². The van der Waals surface area contributed by atoms with Crippen LogP contribution in [0.3, 0.4) is 0 Å². The zero-order chi connectivity index (χ0) is 8.48. The molecule has 1 aliphatic heterocycles. The number of terminal acetylenes is 1. The quantitative estimate of drug-likeness (QED) is 0.504. The molecular formula is C8H12O3. The van der Waals surface area contributed by atoms with Gasteiger partial charge < -0.3 is 14.9 Å². The van der Waals surface area contributed by atoms with Gasteiger partial charge in [-0.1, -0.05) is 5.92 Å². The summed E-state index contributed by atoms with van der Waals surface area (Å²) < 4.78 is 5.22. The summed E-state index contributed by atoms with van der Waals surface area (Å²) in [5.41, 5.74) is -1.15. The van der Waals surface area contributed by atoms with E-state index in [0.29, 0.717) is 6.42 Å². The fraction of sp³-hybridized carbons (Fsp3) is 0.750. The standard InChI is InChI=1S/C8H12O3/c1-3-8(5-9)7(10)4-6(2)11-8/h1,6-7,9-10H,4-5H2,2H3/t6-,7?,8+/m0/s1. The van der Waals surface area contributed by atoms with Crippen LogP contribution in [0, 0.1) is 12.3 Å². The van der Waals surface area contributed by atoms with Gasteiger partial charge in [0.25, 0.3) is 0 Å². The van der Waals surface area contributed by atoms with E-state index >= 15 is 0 Å². The van der Waals surface area contributed by atoms with Gasteiger partial charge >= 0.3 is 0 Å². The molecule has 1 saturated heterocycles. The molecule has 11 heavy (non-hydrogen) atoms. The second-order valence-corrected chi connectivity index (χ2v) is 2.87. The second-order valence-electron chi connectivity index (χ2n) is 2.87. The summed E-state index contributed by atoms with van der Waals surface area (Å²) in [6.45, 7) is 1.49. The number of hydrogen-bond acceptors (Lipinski definition) is 3. The lowest BCUT2D eigenvalue weighted by Crippen LogP contribution is -2.41. The molecule has 2 N–H and O–H groups in total. The maximum absolute atomic E-state index is 9.38. The molecule has 0 radical (unpaired) electrons. The third-order valence-electron chi connectivity index (χ3n) is 1.98. The Morgan fingerprint density at radius 1 is 1.82 bits per heavy atom. The van der Waals surface area contributed by atoms with Gasteiger partial charge in [-0.25, -0.2) is 0 Å². The van der Waals surface area contributed by atoms with E-state index in [1.54, 1.807) is 0 Å². The number of hydrogen-bond donors (Lipinski definition) is 2. The van der Waals surface area contributed by atoms with Gasteiger partial charge in [0.15, 0.2) is 5.60 Å². The highest BCUT2D eigenvalue weighted by Crippen LogP contribution is 2.29. The molecule has 0 aromatic heterocycles. The summed E-state index contributed by atoms with van der Waals surface area (Å²) in [5.74, 6) is 2.29. The molecule has 0 amide bonds. The monoisotopic (exact) mass is 156 g/mol. The van der Waals surface area contributed by atoms with Crippen molar-refractivity contribution in [1.29, 1.82) is 0 Å². The summed E-state index contributed by atoms with van der Waals surface area (Å²) in [6, 6.07) is 0. The molecule has 0 bridgehead atoms. The van der Waals surface area contributed by atoms with Gasteiger partial charge in [-0.15, -0.1) is 6.42 Å². The van der Waals surface area contributed by atoms with Crippen LogP contribution in [0.1, 0.15) is 13.3 Å². The van der Waals surface area contributed by atoms with Crippen LogP contribution in [0.4, 0.5) is 0 Å². The van der Waals surface area contributed by atoms with Gasteiger partial charge in [0.1, 0.15) is 0 Å². The SMILES string of the molecule is C#C[C@]1(CO)O[C@@H](C)CC1O. The van der Waals surface area contributed by atoms with Crippen LogP contribution in [-0.4, -0.2) is 34.6 Å². The summed E-state index contributed by atoms with van der Waals surface area (Å²) in [5, 5.41) is 18.3. The van der Waals surface area contributed by atoms with Crippen molar-refractivity contribution < 1.29 is 14.9 Å². The average Bonchev–Trinajstić information content (AvgIpc) is 2.27. The minimum atomic E-state index is -1.15. The lowest BCUT2D eigenvalue weighted by atomic mass is 9.99. The van der Waals surface area contributed by atoms with Crippen LogP contribution < -0.4 is 0 Å². The summed E-state index contributed by atoms with van der Waals surface area (Å²) in [6.07, 6.45) is 4.81. The highest BCUT2D eigenvalue weighted by atomic mass is 16.5. The number of aliphatic hydroxyl groups excluding tert-OH is 2. The molecule has 0 aromatic rings. The Balaban J connectivity index is 2.78. The number of ether oxygens (including phenoxy) is 1. The van der Waals surface area contributed by atoms with E-state index in [9.17, 15) is 5.11 Å². The van der Waals surface area contributed by atoms with Crippen molar-refractivity contribution in [2.24, 2.45) is 0 Å². The molecule has 0 saturated carbocycles. The normalized spacial score (nSPS) is 43.8. The van der Waals surface area contributed by atoms with Crippen molar-refractivity contribution in [3.05, 3.63) is 0 Å². The first-order valence-electron chi connectivity index (χ1n) is 3.59. The zero-order valence-corrected chi connectivity index (χ0v) is 6.45. The van der Waals surface area contributed by atoms with Crippen molar-refractivity contribution in [2.45, 2.75) is 31.2 Å². The zero-order valence-electron chi connectivity index (χ0n) is 6.45. The summed E-state index contributed by atoms with van der Waals surface area (Å²) in [7, 11) is 0. The van der Waals surface area contributed by atoms with Crippen LogP contribution in [-0.2, 0) is 4.74 Å². The molecule has 3 atom stereocenters. The third kappa shape index (κ3) is 1.25. The molecule has 3 heteroatoms. The summed E-state index contributed by atoms with van der Waals surface area (Å²) in [4.78, 5) is 0. The first-order chi connectivity index (χ1) is 5.14. The third-order valence-corrected chi connectivity index (χ3v) is 1.98. The lowest BCUT2D eigenvalue weighted by Gasteiger charge is -2.23. The lowest BCUT2D eigenvalue weighted by molar-refractivity contribution is -0.0670. The summed E-state index contributed by atoms with van der Waals surface area (Å²) >= 11 is 0. The molecule has 1 aliphatic rings. The minimum Gasteiger partial charge on any atom is -0.392 e. The Morgan fingerprint density at radius 3 is 2.64 bits per heavy atom. The first-order valence-corrected chi connectivity index (χ1v) is 3.59. The second kappa shape index (κ2) is 2.82. The fourth-order valence-corrected chi connectivity index (χ4v) is 1.31. The van der Waals surface area contributed by atoms with Crippen LogP contribution in [0.5, 0.6) is 0 Å². The molecule has 1 rings (SSSR count). The van der Waals surface area contributed by atoms with Gasteiger partial charge in [0.2, 0.25) is 0 Å². The van der Waals surface area contributed by atoms with E-state index in [1.165, 1.54) is 0 Å².